The van der Waals surface area contributed by atoms with Gasteiger partial charge in [0.1, 0.15) is 5.76 Å². The maximum absolute atomic E-state index is 13.8. The van der Waals surface area contributed by atoms with E-state index in [-0.39, 0.29) is 11.6 Å². The van der Waals surface area contributed by atoms with Crippen molar-refractivity contribution in [1.29, 1.82) is 0 Å². The van der Waals surface area contributed by atoms with Crippen LogP contribution in [0.1, 0.15) is 43.4 Å². The molecule has 0 aliphatic heterocycles. The first-order valence-corrected chi connectivity index (χ1v) is 8.93. The number of nitrogens with zero attached hydrogens (tertiary/aromatic N) is 2. The van der Waals surface area contributed by atoms with Crippen molar-refractivity contribution in [2.45, 2.75) is 46.7 Å². The highest BCUT2D eigenvalue weighted by Gasteiger charge is 2.13. The molecule has 2 N–H and O–H groups in total. The van der Waals surface area contributed by atoms with E-state index in [2.05, 4.69) is 27.7 Å². The Morgan fingerprint density at radius 3 is 2.65 bits per heavy atom. The molecule has 0 aliphatic carbocycles. The highest BCUT2D eigenvalue weighted by molar-refractivity contribution is 5.79. The zero-order valence-corrected chi connectivity index (χ0v) is 15.9. The van der Waals surface area contributed by atoms with Crippen LogP contribution in [0.3, 0.4) is 0 Å². The predicted octanol–water partition coefficient (Wildman–Crippen LogP) is 3.20. The van der Waals surface area contributed by atoms with Crippen molar-refractivity contribution in [2.75, 3.05) is 13.7 Å². The molecule has 0 spiro atoms. The monoisotopic (exact) mass is 362 g/mol. The Morgan fingerprint density at radius 2 is 2.04 bits per heavy atom. The molecule has 1 aromatic carbocycles. The van der Waals surface area contributed by atoms with Gasteiger partial charge in [-0.1, -0.05) is 25.1 Å². The van der Waals surface area contributed by atoms with E-state index in [4.69, 9.17) is 9.26 Å². The molecule has 0 amide bonds. The molecule has 0 aliphatic rings. The summed E-state index contributed by atoms with van der Waals surface area (Å²) in [6.07, 6.45) is 1.61. The normalized spacial score (nSPS) is 11.5. The number of aromatic nitrogens is 1. The third-order valence-electron chi connectivity index (χ3n) is 4.02. The summed E-state index contributed by atoms with van der Waals surface area (Å²) in [6.45, 7) is 7.77. The standard InChI is InChI=1S/C19H27FN4O2/c1-5-16-14(17(6-2)26-24-16)12-23-19(21-7-3)22-11-13-8-9-18(25-4)15(20)10-13/h8-10H,5-7,11-12H2,1-4H3,(H2,21,22,23). The quantitative estimate of drug-likeness (QED) is 0.557. The van der Waals surface area contributed by atoms with Crippen LogP contribution in [0.15, 0.2) is 27.7 Å². The van der Waals surface area contributed by atoms with Gasteiger partial charge in [0.05, 0.1) is 19.3 Å². The number of nitrogens with one attached hydrogen (secondary N) is 2. The Kier molecular flexibility index (Phi) is 7.44. The van der Waals surface area contributed by atoms with Gasteiger partial charge in [-0.05, 0) is 31.0 Å². The van der Waals surface area contributed by atoms with Crippen molar-refractivity contribution >= 4 is 5.96 Å². The summed E-state index contributed by atoms with van der Waals surface area (Å²) >= 11 is 0. The van der Waals surface area contributed by atoms with Crippen LogP contribution in [0.4, 0.5) is 4.39 Å². The van der Waals surface area contributed by atoms with Gasteiger partial charge < -0.3 is 19.9 Å². The molecule has 0 radical (unpaired) electrons. The molecule has 0 bridgehead atoms. The van der Waals surface area contributed by atoms with Crippen LogP contribution in [0.25, 0.3) is 0 Å². The smallest absolute Gasteiger partial charge is 0.191 e. The van der Waals surface area contributed by atoms with Gasteiger partial charge in [-0.25, -0.2) is 9.38 Å². The van der Waals surface area contributed by atoms with Crippen molar-refractivity contribution < 1.29 is 13.7 Å². The van der Waals surface area contributed by atoms with Crippen molar-refractivity contribution in [3.05, 3.63) is 46.6 Å². The molecule has 142 valence electrons. The second kappa shape index (κ2) is 9.79. The second-order valence-corrected chi connectivity index (χ2v) is 5.76. The average molecular weight is 362 g/mol. The van der Waals surface area contributed by atoms with Crippen LogP contribution in [-0.4, -0.2) is 24.8 Å². The summed E-state index contributed by atoms with van der Waals surface area (Å²) in [6, 6.07) is 4.86. The number of rotatable bonds is 8. The minimum Gasteiger partial charge on any atom is -0.494 e. The Hall–Kier alpha value is -2.57. The lowest BCUT2D eigenvalue weighted by atomic mass is 10.1. The van der Waals surface area contributed by atoms with Crippen LogP contribution < -0.4 is 15.4 Å². The van der Waals surface area contributed by atoms with E-state index >= 15 is 0 Å². The number of ether oxygens (including phenoxy) is 1. The first-order chi connectivity index (χ1) is 12.6. The van der Waals surface area contributed by atoms with E-state index in [9.17, 15) is 4.39 Å². The zero-order chi connectivity index (χ0) is 18.9. The van der Waals surface area contributed by atoms with Crippen LogP contribution >= 0.6 is 0 Å². The number of aryl methyl sites for hydroxylation is 2. The lowest BCUT2D eigenvalue weighted by Gasteiger charge is -2.12. The zero-order valence-electron chi connectivity index (χ0n) is 15.9. The van der Waals surface area contributed by atoms with E-state index < -0.39 is 0 Å². The third kappa shape index (κ3) is 4.97. The second-order valence-electron chi connectivity index (χ2n) is 5.76. The summed E-state index contributed by atoms with van der Waals surface area (Å²) in [5.74, 6) is 1.40. The number of hydrogen-bond acceptors (Lipinski definition) is 4. The molecule has 2 aromatic rings. The number of benzene rings is 1. The SMILES string of the molecule is CCNC(=NCc1ccc(OC)c(F)c1)NCc1c(CC)noc1CC. The highest BCUT2D eigenvalue weighted by Crippen LogP contribution is 2.18. The van der Waals surface area contributed by atoms with Crippen molar-refractivity contribution in [3.63, 3.8) is 0 Å². The van der Waals surface area contributed by atoms with Crippen LogP contribution in [0.5, 0.6) is 5.75 Å². The minimum absolute atomic E-state index is 0.231. The van der Waals surface area contributed by atoms with Gasteiger partial charge in [-0.15, -0.1) is 0 Å². The van der Waals surface area contributed by atoms with Crippen molar-refractivity contribution in [1.82, 2.24) is 15.8 Å². The van der Waals surface area contributed by atoms with Crippen molar-refractivity contribution in [2.24, 2.45) is 4.99 Å². The molecule has 1 heterocycles. The number of guanidine groups is 1. The summed E-state index contributed by atoms with van der Waals surface area (Å²) in [5.41, 5.74) is 2.81. The molecule has 2 rings (SSSR count). The maximum Gasteiger partial charge on any atom is 0.191 e. The maximum atomic E-state index is 13.8. The van der Waals surface area contributed by atoms with Gasteiger partial charge in [0.15, 0.2) is 17.5 Å². The van der Waals surface area contributed by atoms with E-state index in [1.807, 2.05) is 13.8 Å². The average Bonchev–Trinajstić information content (AvgIpc) is 3.06. The van der Waals surface area contributed by atoms with Crippen molar-refractivity contribution in [3.8, 4) is 5.75 Å². The fourth-order valence-corrected chi connectivity index (χ4v) is 2.63. The lowest BCUT2D eigenvalue weighted by molar-refractivity contribution is 0.380. The highest BCUT2D eigenvalue weighted by atomic mass is 19.1. The summed E-state index contributed by atoms with van der Waals surface area (Å²) in [5, 5.41) is 10.6. The molecular weight excluding hydrogens is 335 g/mol. The summed E-state index contributed by atoms with van der Waals surface area (Å²) in [4.78, 5) is 4.53. The first-order valence-electron chi connectivity index (χ1n) is 8.93. The van der Waals surface area contributed by atoms with E-state index in [0.29, 0.717) is 19.0 Å². The van der Waals surface area contributed by atoms with Gasteiger partial charge in [-0.2, -0.15) is 0 Å². The fourth-order valence-electron chi connectivity index (χ4n) is 2.63. The van der Waals surface area contributed by atoms with Gasteiger partial charge in [-0.3, -0.25) is 0 Å². The molecular formula is C19H27FN4O2. The molecule has 0 unspecified atom stereocenters. The Morgan fingerprint density at radius 1 is 1.23 bits per heavy atom. The minimum atomic E-state index is -0.386. The molecule has 0 atom stereocenters. The van der Waals surface area contributed by atoms with E-state index in [0.717, 1.165) is 42.0 Å². The first kappa shape index (κ1) is 19.8. The van der Waals surface area contributed by atoms with Gasteiger partial charge in [0, 0.05) is 25.1 Å². The Balaban J connectivity index is 2.07. The van der Waals surface area contributed by atoms with E-state index in [1.54, 1.807) is 12.1 Å². The van der Waals surface area contributed by atoms with Crippen LogP contribution in [-0.2, 0) is 25.9 Å². The number of halogens is 1. The Bertz CT molecular complexity index is 722. The molecule has 0 fully saturated rings. The third-order valence-corrected chi connectivity index (χ3v) is 4.02. The number of aliphatic imine (C=N–C) groups is 1. The largest absolute Gasteiger partial charge is 0.494 e. The molecule has 0 saturated carbocycles. The molecule has 6 nitrogen and oxygen atoms in total. The van der Waals surface area contributed by atoms with E-state index in [1.165, 1.54) is 13.2 Å². The lowest BCUT2D eigenvalue weighted by Crippen LogP contribution is -2.37. The topological polar surface area (TPSA) is 71.7 Å². The number of methoxy groups -OCH3 is 1. The summed E-state index contributed by atoms with van der Waals surface area (Å²) < 4.78 is 24.1. The predicted molar refractivity (Wildman–Crippen MR) is 99.9 cm³/mol. The molecule has 1 aromatic heterocycles. The fraction of sp³-hybridized carbons (Fsp3) is 0.474. The van der Waals surface area contributed by atoms with Gasteiger partial charge in [0.2, 0.25) is 0 Å². The number of hydrogen-bond donors (Lipinski definition) is 2. The molecule has 26 heavy (non-hydrogen) atoms. The van der Waals surface area contributed by atoms with Gasteiger partial charge >= 0.3 is 0 Å². The molecule has 7 heteroatoms. The van der Waals surface area contributed by atoms with Crippen LogP contribution in [0, 0.1) is 5.82 Å². The van der Waals surface area contributed by atoms with Crippen LogP contribution in [0.2, 0.25) is 0 Å². The molecule has 0 saturated heterocycles. The van der Waals surface area contributed by atoms with Gasteiger partial charge in [0.25, 0.3) is 0 Å². The Labute approximate surface area is 153 Å². The summed E-state index contributed by atoms with van der Waals surface area (Å²) in [7, 11) is 1.45.